The molecule has 0 bridgehead atoms. The molecule has 0 unspecified atom stereocenters. The molecule has 8 nitrogen and oxygen atoms in total. The van der Waals surface area contributed by atoms with Crippen LogP contribution >= 0.6 is 0 Å². The first kappa shape index (κ1) is 26.1. The molecule has 2 heterocycles. The number of fused-ring (bicyclic) bond motifs is 2. The van der Waals surface area contributed by atoms with Crippen LogP contribution < -0.4 is 14.2 Å². The first-order valence-electron chi connectivity index (χ1n) is 13.5. The monoisotopic (exact) mass is 547 g/mol. The lowest BCUT2D eigenvalue weighted by molar-refractivity contribution is -0.141. The second-order valence-corrected chi connectivity index (χ2v) is 10.1. The summed E-state index contributed by atoms with van der Waals surface area (Å²) in [4.78, 5) is 26.2. The van der Waals surface area contributed by atoms with Gasteiger partial charge < -0.3 is 28.6 Å². The van der Waals surface area contributed by atoms with Gasteiger partial charge >= 0.3 is 5.97 Å². The van der Waals surface area contributed by atoms with Gasteiger partial charge in [-0.3, -0.25) is 9.59 Å². The molecule has 1 fully saturated rings. The molecule has 1 saturated heterocycles. The summed E-state index contributed by atoms with van der Waals surface area (Å²) in [6.45, 7) is 2.65. The predicted molar refractivity (Wildman–Crippen MR) is 143 cm³/mol. The minimum Gasteiger partial charge on any atom is -0.492 e. The van der Waals surface area contributed by atoms with Gasteiger partial charge in [0.2, 0.25) is 0 Å². The predicted octanol–water partition coefficient (Wildman–Crippen LogP) is 5.20. The molecule has 0 radical (unpaired) electrons. The van der Waals surface area contributed by atoms with E-state index in [0.717, 1.165) is 11.1 Å². The summed E-state index contributed by atoms with van der Waals surface area (Å²) < 4.78 is 43.3. The van der Waals surface area contributed by atoms with Gasteiger partial charge in [-0.05, 0) is 55.3 Å². The van der Waals surface area contributed by atoms with E-state index in [9.17, 15) is 9.59 Å². The molecule has 3 aromatic carbocycles. The molecular weight excluding hydrogens is 517 g/mol. The zero-order valence-electron chi connectivity index (χ0n) is 22.2. The number of rotatable bonds is 7. The lowest BCUT2D eigenvalue weighted by Crippen LogP contribution is -2.40. The van der Waals surface area contributed by atoms with Crippen molar-refractivity contribution < 1.29 is 37.7 Å². The third kappa shape index (κ3) is 5.21. The molecule has 40 heavy (non-hydrogen) atoms. The maximum absolute atomic E-state index is 15.1. The number of ether oxygens (including phenoxy) is 5. The number of carbonyl (C=O) groups excluding carboxylic acids is 2. The first-order chi connectivity index (χ1) is 19.5. The molecule has 0 spiro atoms. The Morgan fingerprint density at radius 3 is 2.58 bits per heavy atom. The van der Waals surface area contributed by atoms with E-state index in [1.54, 1.807) is 41.3 Å². The Bertz CT molecular complexity index is 1420. The number of hydrogen-bond donors (Lipinski definition) is 0. The summed E-state index contributed by atoms with van der Waals surface area (Å²) in [5, 5.41) is 0. The van der Waals surface area contributed by atoms with Crippen molar-refractivity contribution in [3.63, 3.8) is 0 Å². The molecule has 208 valence electrons. The summed E-state index contributed by atoms with van der Waals surface area (Å²) >= 11 is 0. The SMILES string of the molecule is COC(=O)C[C@@H]1COc2cc(O[C@@H]3CCc4c(Oc5ccc(C(=O)N6CCOCC6)cc5)ccc(F)c43)ccc21. The fourth-order valence-electron chi connectivity index (χ4n) is 5.54. The lowest BCUT2D eigenvalue weighted by Gasteiger charge is -2.26. The van der Waals surface area contributed by atoms with Crippen molar-refractivity contribution in [1.29, 1.82) is 0 Å². The van der Waals surface area contributed by atoms with Gasteiger partial charge in [0.05, 0.1) is 33.4 Å². The molecule has 2 atom stereocenters. The van der Waals surface area contributed by atoms with Gasteiger partial charge in [-0.1, -0.05) is 6.07 Å². The van der Waals surface area contributed by atoms with E-state index < -0.39 is 6.10 Å². The molecule has 1 aliphatic carbocycles. The van der Waals surface area contributed by atoms with Crippen LogP contribution in [0.3, 0.4) is 0 Å². The average Bonchev–Trinajstić information content (AvgIpc) is 3.59. The number of amides is 1. The Hall–Kier alpha value is -4.11. The molecule has 0 N–H and O–H groups in total. The number of nitrogens with zero attached hydrogens (tertiary/aromatic N) is 1. The second-order valence-electron chi connectivity index (χ2n) is 10.1. The van der Waals surface area contributed by atoms with Crippen LogP contribution in [0.5, 0.6) is 23.0 Å². The molecule has 9 heteroatoms. The summed E-state index contributed by atoms with van der Waals surface area (Å²) in [7, 11) is 1.37. The van der Waals surface area contributed by atoms with Gasteiger partial charge in [-0.15, -0.1) is 0 Å². The number of esters is 1. The van der Waals surface area contributed by atoms with Crippen LogP contribution in [0.1, 0.15) is 51.9 Å². The highest BCUT2D eigenvalue weighted by molar-refractivity contribution is 5.94. The maximum Gasteiger partial charge on any atom is 0.306 e. The van der Waals surface area contributed by atoms with Crippen molar-refractivity contribution >= 4 is 11.9 Å². The zero-order valence-corrected chi connectivity index (χ0v) is 22.2. The smallest absolute Gasteiger partial charge is 0.306 e. The van der Waals surface area contributed by atoms with E-state index in [2.05, 4.69) is 0 Å². The van der Waals surface area contributed by atoms with E-state index in [4.69, 9.17) is 23.7 Å². The van der Waals surface area contributed by atoms with Crippen LogP contribution in [0.25, 0.3) is 0 Å². The second kappa shape index (κ2) is 11.2. The third-order valence-corrected chi connectivity index (χ3v) is 7.65. The maximum atomic E-state index is 15.1. The Balaban J connectivity index is 1.15. The Kier molecular flexibility index (Phi) is 7.30. The topological polar surface area (TPSA) is 83.5 Å². The quantitative estimate of drug-likeness (QED) is 0.376. The summed E-state index contributed by atoms with van der Waals surface area (Å²) in [6.07, 6.45) is 0.976. The molecule has 1 amide bonds. The van der Waals surface area contributed by atoms with Gasteiger partial charge in [0.15, 0.2) is 0 Å². The van der Waals surface area contributed by atoms with Crippen LogP contribution in [-0.2, 0) is 20.7 Å². The van der Waals surface area contributed by atoms with Crippen molar-refractivity contribution in [3.8, 4) is 23.0 Å². The van der Waals surface area contributed by atoms with Crippen LogP contribution in [0.2, 0.25) is 0 Å². The normalized spacial score (nSPS) is 19.4. The van der Waals surface area contributed by atoms with Crippen LogP contribution in [0.15, 0.2) is 54.6 Å². The molecular formula is C31H30FNO7. The van der Waals surface area contributed by atoms with Crippen LogP contribution in [0.4, 0.5) is 4.39 Å². The Morgan fingerprint density at radius 1 is 1.02 bits per heavy atom. The van der Waals surface area contributed by atoms with Gasteiger partial charge in [-0.2, -0.15) is 0 Å². The first-order valence-corrected chi connectivity index (χ1v) is 13.5. The number of carbonyl (C=O) groups is 2. The summed E-state index contributed by atoms with van der Waals surface area (Å²) in [5.74, 6) is 1.65. The minimum atomic E-state index is -0.475. The fourth-order valence-corrected chi connectivity index (χ4v) is 5.54. The van der Waals surface area contributed by atoms with Crippen molar-refractivity contribution in [2.45, 2.75) is 31.3 Å². The molecule has 3 aromatic rings. The van der Waals surface area contributed by atoms with E-state index in [-0.39, 0.29) is 30.0 Å². The number of morpholine rings is 1. The lowest BCUT2D eigenvalue weighted by atomic mass is 9.98. The molecule has 3 aliphatic rings. The van der Waals surface area contributed by atoms with Crippen molar-refractivity contribution in [1.82, 2.24) is 4.90 Å². The van der Waals surface area contributed by atoms with Crippen molar-refractivity contribution in [2.75, 3.05) is 40.0 Å². The van der Waals surface area contributed by atoms with Crippen molar-refractivity contribution in [2.24, 2.45) is 0 Å². The van der Waals surface area contributed by atoms with Gasteiger partial charge in [0, 0.05) is 47.3 Å². The minimum absolute atomic E-state index is 0.0338. The third-order valence-electron chi connectivity index (χ3n) is 7.65. The van der Waals surface area contributed by atoms with Gasteiger partial charge in [0.25, 0.3) is 5.91 Å². The highest BCUT2D eigenvalue weighted by atomic mass is 19.1. The van der Waals surface area contributed by atoms with E-state index in [1.165, 1.54) is 13.2 Å². The average molecular weight is 548 g/mol. The Morgan fingerprint density at radius 2 is 1.80 bits per heavy atom. The summed E-state index contributed by atoms with van der Waals surface area (Å²) in [6, 6.07) is 15.5. The van der Waals surface area contributed by atoms with Gasteiger partial charge in [0.1, 0.15) is 34.9 Å². The number of benzene rings is 3. The van der Waals surface area contributed by atoms with Crippen molar-refractivity contribution in [3.05, 3.63) is 82.7 Å². The molecule has 0 saturated carbocycles. The number of hydrogen-bond acceptors (Lipinski definition) is 7. The Labute approximate surface area is 231 Å². The fraction of sp³-hybridized carbons (Fsp3) is 0.355. The largest absolute Gasteiger partial charge is 0.492 e. The summed E-state index contributed by atoms with van der Waals surface area (Å²) in [5.41, 5.74) is 2.78. The molecule has 2 aliphatic heterocycles. The number of methoxy groups -OCH3 is 1. The zero-order chi connectivity index (χ0) is 27.6. The standard InChI is InChI=1S/C31H30FNO7/c1-36-29(34)16-20-18-38-28-17-22(6-7-23(20)28)40-27-10-8-24-26(11-9-25(32)30(24)27)39-21-4-2-19(3-5-21)31(35)33-12-14-37-15-13-33/h2-7,9,11,17,20,27H,8,10,12-16,18H2,1H3/t20-,27-/m1/s1. The molecule has 0 aromatic heterocycles. The van der Waals surface area contributed by atoms with Gasteiger partial charge in [-0.25, -0.2) is 4.39 Å². The highest BCUT2D eigenvalue weighted by Crippen LogP contribution is 2.44. The van der Waals surface area contributed by atoms with E-state index >= 15 is 4.39 Å². The van der Waals surface area contributed by atoms with Crippen LogP contribution in [-0.4, -0.2) is 56.8 Å². The highest BCUT2D eigenvalue weighted by Gasteiger charge is 2.32. The number of halogens is 1. The van der Waals surface area contributed by atoms with Crippen LogP contribution in [0, 0.1) is 5.82 Å². The molecule has 6 rings (SSSR count). The van der Waals surface area contributed by atoms with E-state index in [0.29, 0.717) is 79.9 Å². The van der Waals surface area contributed by atoms with E-state index in [1.807, 2.05) is 12.1 Å².